The van der Waals surface area contributed by atoms with E-state index in [9.17, 15) is 9.90 Å². The van der Waals surface area contributed by atoms with Gasteiger partial charge in [0.15, 0.2) is 0 Å². The largest absolute Gasteiger partial charge is 0.388 e. The second-order valence-corrected chi connectivity index (χ2v) is 5.70. The fourth-order valence-corrected chi connectivity index (χ4v) is 3.07. The number of likely N-dealkylation sites (tertiary alicyclic amines) is 1. The molecule has 0 aliphatic carbocycles. The lowest BCUT2D eigenvalue weighted by atomic mass is 10.0. The third-order valence-corrected chi connectivity index (χ3v) is 4.23. The van der Waals surface area contributed by atoms with Gasteiger partial charge in [0.25, 0.3) is 5.91 Å². The van der Waals surface area contributed by atoms with Crippen LogP contribution in [0.15, 0.2) is 54.9 Å². The molecule has 0 spiro atoms. The zero-order valence-electron chi connectivity index (χ0n) is 12.4. The molecule has 1 aromatic carbocycles. The Balaban J connectivity index is 1.70. The Hall–Kier alpha value is -2.20. The first-order chi connectivity index (χ1) is 10.8. The minimum atomic E-state index is -0.534. The molecule has 4 heteroatoms. The van der Waals surface area contributed by atoms with Gasteiger partial charge in [0.05, 0.1) is 11.7 Å². The first kappa shape index (κ1) is 14.7. The molecule has 1 saturated heterocycles. The number of hydrogen-bond acceptors (Lipinski definition) is 3. The highest BCUT2D eigenvalue weighted by molar-refractivity contribution is 5.94. The molecule has 1 N–H and O–H groups in total. The lowest BCUT2D eigenvalue weighted by molar-refractivity contribution is 0.0666. The van der Waals surface area contributed by atoms with Gasteiger partial charge in [-0.05, 0) is 37.0 Å². The summed E-state index contributed by atoms with van der Waals surface area (Å²) in [4.78, 5) is 18.5. The van der Waals surface area contributed by atoms with Gasteiger partial charge in [-0.25, -0.2) is 0 Å². The van der Waals surface area contributed by atoms with Crippen LogP contribution in [0, 0.1) is 0 Å². The van der Waals surface area contributed by atoms with Gasteiger partial charge in [-0.15, -0.1) is 0 Å². The van der Waals surface area contributed by atoms with Crippen molar-refractivity contribution < 1.29 is 9.90 Å². The number of pyridine rings is 1. The minimum absolute atomic E-state index is 0.0101. The van der Waals surface area contributed by atoms with Crippen LogP contribution in [0.5, 0.6) is 0 Å². The van der Waals surface area contributed by atoms with Crippen LogP contribution in [0.25, 0.3) is 0 Å². The van der Waals surface area contributed by atoms with E-state index in [1.165, 1.54) is 0 Å². The number of aromatic nitrogens is 1. The number of carbonyl (C=O) groups excluding carboxylic acids is 1. The summed E-state index contributed by atoms with van der Waals surface area (Å²) in [6.07, 6.45) is 5.24. The molecule has 0 unspecified atom stereocenters. The zero-order chi connectivity index (χ0) is 15.4. The average molecular weight is 296 g/mol. The van der Waals surface area contributed by atoms with Gasteiger partial charge in [0.1, 0.15) is 0 Å². The van der Waals surface area contributed by atoms with Gasteiger partial charge in [0, 0.05) is 25.0 Å². The van der Waals surface area contributed by atoms with E-state index in [1.54, 1.807) is 24.5 Å². The van der Waals surface area contributed by atoms with Gasteiger partial charge in [-0.1, -0.05) is 30.3 Å². The van der Waals surface area contributed by atoms with E-state index >= 15 is 0 Å². The van der Waals surface area contributed by atoms with Crippen molar-refractivity contribution in [3.63, 3.8) is 0 Å². The van der Waals surface area contributed by atoms with Crippen molar-refractivity contribution in [1.82, 2.24) is 9.88 Å². The zero-order valence-corrected chi connectivity index (χ0v) is 12.4. The third kappa shape index (κ3) is 3.17. The first-order valence-corrected chi connectivity index (χ1v) is 7.69. The molecule has 1 aliphatic heterocycles. The Morgan fingerprint density at radius 2 is 2.09 bits per heavy atom. The van der Waals surface area contributed by atoms with Crippen molar-refractivity contribution in [2.45, 2.75) is 31.4 Å². The molecule has 4 nitrogen and oxygen atoms in total. The van der Waals surface area contributed by atoms with Crippen LogP contribution in [0.1, 0.15) is 41.3 Å². The molecule has 1 aromatic heterocycles. The second-order valence-electron chi connectivity index (χ2n) is 5.70. The van der Waals surface area contributed by atoms with Gasteiger partial charge < -0.3 is 10.0 Å². The predicted molar refractivity (Wildman–Crippen MR) is 84.3 cm³/mol. The van der Waals surface area contributed by atoms with Crippen molar-refractivity contribution in [2.75, 3.05) is 6.54 Å². The number of aliphatic hydroxyl groups excluding tert-OH is 1. The van der Waals surface area contributed by atoms with Crippen LogP contribution >= 0.6 is 0 Å². The number of benzene rings is 1. The normalized spacial score (nSPS) is 19.1. The fourth-order valence-electron chi connectivity index (χ4n) is 3.07. The summed E-state index contributed by atoms with van der Waals surface area (Å²) < 4.78 is 0. The molecule has 0 saturated carbocycles. The molecule has 2 heterocycles. The molecule has 22 heavy (non-hydrogen) atoms. The Morgan fingerprint density at radius 3 is 2.82 bits per heavy atom. The maximum absolute atomic E-state index is 12.6. The van der Waals surface area contributed by atoms with E-state index in [2.05, 4.69) is 4.98 Å². The lowest BCUT2D eigenvalue weighted by Gasteiger charge is -2.26. The molecule has 1 aliphatic rings. The van der Waals surface area contributed by atoms with E-state index in [0.717, 1.165) is 24.9 Å². The molecule has 114 valence electrons. The van der Waals surface area contributed by atoms with Crippen molar-refractivity contribution in [3.8, 4) is 0 Å². The average Bonchev–Trinajstić information content (AvgIpc) is 3.04. The van der Waals surface area contributed by atoms with Gasteiger partial charge in [-0.3, -0.25) is 9.78 Å². The Bertz CT molecular complexity index is 615. The second kappa shape index (κ2) is 6.71. The molecular formula is C18H20N2O2. The summed E-state index contributed by atoms with van der Waals surface area (Å²) in [5, 5.41) is 10.4. The summed E-state index contributed by atoms with van der Waals surface area (Å²) >= 11 is 0. The number of hydrogen-bond donors (Lipinski definition) is 1. The number of rotatable bonds is 4. The Morgan fingerprint density at radius 1 is 1.27 bits per heavy atom. The summed E-state index contributed by atoms with van der Waals surface area (Å²) in [6, 6.07) is 13.3. The topological polar surface area (TPSA) is 53.4 Å². The van der Waals surface area contributed by atoms with Gasteiger partial charge >= 0.3 is 0 Å². The maximum atomic E-state index is 12.6. The Kier molecular flexibility index (Phi) is 4.49. The number of amides is 1. The van der Waals surface area contributed by atoms with Crippen LogP contribution in [0.3, 0.4) is 0 Å². The molecule has 2 atom stereocenters. The molecule has 0 bridgehead atoms. The molecule has 3 rings (SSSR count). The van der Waals surface area contributed by atoms with Crippen LogP contribution in [0.4, 0.5) is 0 Å². The highest BCUT2D eigenvalue weighted by Crippen LogP contribution is 2.28. The van der Waals surface area contributed by atoms with Crippen LogP contribution in [-0.4, -0.2) is 33.5 Å². The van der Waals surface area contributed by atoms with E-state index in [1.807, 2.05) is 35.2 Å². The number of aliphatic hydroxyl groups is 1. The molecular weight excluding hydrogens is 276 g/mol. The molecule has 1 fully saturated rings. The first-order valence-electron chi connectivity index (χ1n) is 7.69. The molecule has 1 amide bonds. The van der Waals surface area contributed by atoms with Gasteiger partial charge in [0.2, 0.25) is 0 Å². The van der Waals surface area contributed by atoms with Crippen molar-refractivity contribution in [1.29, 1.82) is 0 Å². The minimum Gasteiger partial charge on any atom is -0.388 e. The van der Waals surface area contributed by atoms with E-state index in [4.69, 9.17) is 0 Å². The number of nitrogens with zero attached hydrogens (tertiary/aromatic N) is 2. The predicted octanol–water partition coefficient (Wildman–Crippen LogP) is 2.81. The highest BCUT2D eigenvalue weighted by atomic mass is 16.3. The van der Waals surface area contributed by atoms with Crippen molar-refractivity contribution in [2.24, 2.45) is 0 Å². The fraction of sp³-hybridized carbons (Fsp3) is 0.333. The summed E-state index contributed by atoms with van der Waals surface area (Å²) in [7, 11) is 0. The monoisotopic (exact) mass is 296 g/mol. The smallest absolute Gasteiger partial charge is 0.255 e. The summed E-state index contributed by atoms with van der Waals surface area (Å²) in [5.41, 5.74) is 1.52. The van der Waals surface area contributed by atoms with E-state index in [0.29, 0.717) is 12.0 Å². The van der Waals surface area contributed by atoms with Gasteiger partial charge in [-0.2, -0.15) is 0 Å². The highest BCUT2D eigenvalue weighted by Gasteiger charge is 2.31. The Labute approximate surface area is 130 Å². The van der Waals surface area contributed by atoms with Crippen LogP contribution in [-0.2, 0) is 0 Å². The summed E-state index contributed by atoms with van der Waals surface area (Å²) in [5.74, 6) is 0.0101. The third-order valence-electron chi connectivity index (χ3n) is 4.23. The SMILES string of the molecule is O=C(c1cccnc1)N1CCC[C@H]1C[C@H](O)c1ccccc1. The van der Waals surface area contributed by atoms with Crippen LogP contribution < -0.4 is 0 Å². The van der Waals surface area contributed by atoms with Crippen LogP contribution in [0.2, 0.25) is 0 Å². The standard InChI is InChI=1S/C18H20N2O2/c21-17(14-6-2-1-3-7-14)12-16-9-5-11-20(16)18(22)15-8-4-10-19-13-15/h1-4,6-8,10,13,16-17,21H,5,9,11-12H2/t16-,17-/m0/s1. The van der Waals surface area contributed by atoms with E-state index in [-0.39, 0.29) is 11.9 Å². The maximum Gasteiger partial charge on any atom is 0.255 e. The lowest BCUT2D eigenvalue weighted by Crippen LogP contribution is -2.36. The molecule has 2 aromatic rings. The quantitative estimate of drug-likeness (QED) is 0.944. The van der Waals surface area contributed by atoms with E-state index < -0.39 is 6.10 Å². The molecule has 0 radical (unpaired) electrons. The van der Waals surface area contributed by atoms with Crippen molar-refractivity contribution >= 4 is 5.91 Å². The number of carbonyl (C=O) groups is 1. The summed E-state index contributed by atoms with van der Waals surface area (Å²) in [6.45, 7) is 0.750. The van der Waals surface area contributed by atoms with Crippen molar-refractivity contribution in [3.05, 3.63) is 66.0 Å².